The van der Waals surface area contributed by atoms with Crippen LogP contribution in [0.25, 0.3) is 0 Å². The minimum atomic E-state index is 0.0610. The SMILES string of the molecule is CN(N)CCOCCOCCO. The topological polar surface area (TPSA) is 68.0 Å². The first kappa shape index (κ1) is 11.8. The molecule has 0 aromatic heterocycles. The monoisotopic (exact) mass is 178 g/mol. The fraction of sp³-hybridized carbons (Fsp3) is 1.00. The number of ether oxygens (including phenoxy) is 2. The number of aliphatic hydroxyl groups is 1. The molecule has 0 aromatic rings. The Hall–Kier alpha value is -0.200. The summed E-state index contributed by atoms with van der Waals surface area (Å²) in [6.07, 6.45) is 0. The molecule has 0 unspecified atom stereocenters. The van der Waals surface area contributed by atoms with Gasteiger partial charge in [0.25, 0.3) is 0 Å². The number of aliphatic hydroxyl groups excluding tert-OH is 1. The van der Waals surface area contributed by atoms with Crippen LogP contribution in [-0.4, -0.2) is 56.7 Å². The van der Waals surface area contributed by atoms with Gasteiger partial charge in [-0.1, -0.05) is 0 Å². The van der Waals surface area contributed by atoms with E-state index in [9.17, 15) is 0 Å². The van der Waals surface area contributed by atoms with Crippen molar-refractivity contribution in [1.82, 2.24) is 5.01 Å². The predicted octanol–water partition coefficient (Wildman–Crippen LogP) is -1.18. The molecule has 0 aliphatic heterocycles. The summed E-state index contributed by atoms with van der Waals surface area (Å²) >= 11 is 0. The van der Waals surface area contributed by atoms with E-state index < -0.39 is 0 Å². The molecule has 0 saturated carbocycles. The van der Waals surface area contributed by atoms with E-state index in [1.54, 1.807) is 12.1 Å². The van der Waals surface area contributed by atoms with Crippen molar-refractivity contribution in [2.75, 3.05) is 46.6 Å². The first-order valence-corrected chi connectivity index (χ1v) is 3.99. The van der Waals surface area contributed by atoms with Crippen LogP contribution in [0.2, 0.25) is 0 Å². The fourth-order valence-corrected chi connectivity index (χ4v) is 0.595. The van der Waals surface area contributed by atoms with E-state index in [2.05, 4.69) is 0 Å². The lowest BCUT2D eigenvalue weighted by molar-refractivity contribution is 0.0282. The summed E-state index contributed by atoms with van der Waals surface area (Å²) in [5, 5.41) is 9.92. The Morgan fingerprint density at radius 3 is 2.25 bits per heavy atom. The molecular weight excluding hydrogens is 160 g/mol. The third-order valence-corrected chi connectivity index (χ3v) is 1.20. The minimum absolute atomic E-state index is 0.0610. The van der Waals surface area contributed by atoms with Crippen LogP contribution in [0.3, 0.4) is 0 Å². The zero-order chi connectivity index (χ0) is 9.23. The van der Waals surface area contributed by atoms with Gasteiger partial charge < -0.3 is 14.6 Å². The largest absolute Gasteiger partial charge is 0.394 e. The zero-order valence-electron chi connectivity index (χ0n) is 7.53. The molecule has 0 aromatic carbocycles. The van der Waals surface area contributed by atoms with E-state index in [-0.39, 0.29) is 6.61 Å². The highest BCUT2D eigenvalue weighted by Crippen LogP contribution is 1.79. The van der Waals surface area contributed by atoms with Crippen molar-refractivity contribution in [1.29, 1.82) is 0 Å². The van der Waals surface area contributed by atoms with Crippen LogP contribution in [0.1, 0.15) is 0 Å². The van der Waals surface area contributed by atoms with E-state index in [1.807, 2.05) is 0 Å². The lowest BCUT2D eigenvalue weighted by atomic mass is 10.6. The number of nitrogens with zero attached hydrogens (tertiary/aromatic N) is 1. The molecule has 0 heterocycles. The van der Waals surface area contributed by atoms with Crippen LogP contribution >= 0.6 is 0 Å². The summed E-state index contributed by atoms with van der Waals surface area (Å²) in [5.74, 6) is 5.34. The molecule has 0 radical (unpaired) electrons. The van der Waals surface area contributed by atoms with Gasteiger partial charge in [0.2, 0.25) is 0 Å². The van der Waals surface area contributed by atoms with Crippen molar-refractivity contribution in [3.05, 3.63) is 0 Å². The Labute approximate surface area is 73.0 Å². The molecule has 0 saturated heterocycles. The maximum Gasteiger partial charge on any atom is 0.0701 e. The van der Waals surface area contributed by atoms with Crippen LogP contribution < -0.4 is 5.84 Å². The quantitative estimate of drug-likeness (QED) is 0.278. The van der Waals surface area contributed by atoms with Gasteiger partial charge >= 0.3 is 0 Å². The molecular formula is C7H18N2O3. The summed E-state index contributed by atoms with van der Waals surface area (Å²) in [4.78, 5) is 0. The first-order chi connectivity index (χ1) is 5.77. The number of nitrogens with two attached hydrogens (primary N) is 1. The average molecular weight is 178 g/mol. The van der Waals surface area contributed by atoms with Crippen LogP contribution in [0, 0.1) is 0 Å². The lowest BCUT2D eigenvalue weighted by Crippen LogP contribution is -2.30. The Balaban J connectivity index is 2.82. The van der Waals surface area contributed by atoms with Gasteiger partial charge in [-0.15, -0.1) is 0 Å². The molecule has 5 heteroatoms. The van der Waals surface area contributed by atoms with Crippen molar-refractivity contribution < 1.29 is 14.6 Å². The van der Waals surface area contributed by atoms with E-state index in [0.717, 1.165) is 0 Å². The van der Waals surface area contributed by atoms with Gasteiger partial charge in [-0.3, -0.25) is 5.84 Å². The Kier molecular flexibility index (Phi) is 8.74. The normalized spacial score (nSPS) is 11.0. The smallest absolute Gasteiger partial charge is 0.0701 e. The summed E-state index contributed by atoms with van der Waals surface area (Å²) in [6, 6.07) is 0. The molecule has 0 fully saturated rings. The molecule has 12 heavy (non-hydrogen) atoms. The van der Waals surface area contributed by atoms with Crippen LogP contribution in [-0.2, 0) is 9.47 Å². The van der Waals surface area contributed by atoms with Crippen LogP contribution in [0.4, 0.5) is 0 Å². The van der Waals surface area contributed by atoms with Gasteiger partial charge in [0, 0.05) is 13.6 Å². The molecule has 0 bridgehead atoms. The summed E-state index contributed by atoms with van der Waals surface area (Å²) in [5.41, 5.74) is 0. The van der Waals surface area contributed by atoms with Crippen molar-refractivity contribution in [2.45, 2.75) is 0 Å². The van der Waals surface area contributed by atoms with E-state index in [1.165, 1.54) is 0 Å². The predicted molar refractivity (Wildman–Crippen MR) is 45.5 cm³/mol. The van der Waals surface area contributed by atoms with Crippen molar-refractivity contribution in [3.8, 4) is 0 Å². The molecule has 74 valence electrons. The van der Waals surface area contributed by atoms with Gasteiger partial charge in [-0.2, -0.15) is 0 Å². The van der Waals surface area contributed by atoms with Crippen molar-refractivity contribution >= 4 is 0 Å². The number of hydrogen-bond acceptors (Lipinski definition) is 5. The third kappa shape index (κ3) is 9.80. The Morgan fingerprint density at radius 1 is 1.17 bits per heavy atom. The van der Waals surface area contributed by atoms with Gasteiger partial charge in [0.05, 0.1) is 33.0 Å². The highest BCUT2D eigenvalue weighted by Gasteiger charge is 1.91. The second-order valence-corrected chi connectivity index (χ2v) is 2.43. The number of rotatable bonds is 8. The van der Waals surface area contributed by atoms with Crippen molar-refractivity contribution in [3.63, 3.8) is 0 Å². The summed E-state index contributed by atoms with van der Waals surface area (Å²) in [7, 11) is 1.78. The summed E-state index contributed by atoms with van der Waals surface area (Å²) < 4.78 is 10.1. The Bertz CT molecular complexity index is 90.7. The second-order valence-electron chi connectivity index (χ2n) is 2.43. The van der Waals surface area contributed by atoms with E-state index in [4.69, 9.17) is 20.4 Å². The maximum atomic E-state index is 8.35. The van der Waals surface area contributed by atoms with Crippen LogP contribution in [0.15, 0.2) is 0 Å². The molecule has 0 amide bonds. The van der Waals surface area contributed by atoms with Crippen molar-refractivity contribution in [2.24, 2.45) is 5.84 Å². The molecule has 0 aliphatic rings. The molecule has 0 aliphatic carbocycles. The van der Waals surface area contributed by atoms with Crippen LogP contribution in [0.5, 0.6) is 0 Å². The number of likely N-dealkylation sites (N-methyl/N-ethyl adjacent to an activating group) is 1. The molecule has 0 atom stereocenters. The van der Waals surface area contributed by atoms with E-state index >= 15 is 0 Å². The molecule has 3 N–H and O–H groups in total. The summed E-state index contributed by atoms with van der Waals surface area (Å²) in [6.45, 7) is 2.82. The number of hydrogen-bond donors (Lipinski definition) is 2. The first-order valence-electron chi connectivity index (χ1n) is 3.99. The maximum absolute atomic E-state index is 8.35. The lowest BCUT2D eigenvalue weighted by Gasteiger charge is -2.09. The molecule has 0 spiro atoms. The molecule has 0 rings (SSSR count). The highest BCUT2D eigenvalue weighted by molar-refractivity contribution is 4.37. The van der Waals surface area contributed by atoms with Gasteiger partial charge in [0.1, 0.15) is 0 Å². The average Bonchev–Trinajstić information content (AvgIpc) is 2.02. The Morgan fingerprint density at radius 2 is 1.75 bits per heavy atom. The van der Waals surface area contributed by atoms with E-state index in [0.29, 0.717) is 33.0 Å². The minimum Gasteiger partial charge on any atom is -0.394 e. The molecule has 5 nitrogen and oxygen atoms in total. The van der Waals surface area contributed by atoms with Gasteiger partial charge in [-0.25, -0.2) is 5.01 Å². The van der Waals surface area contributed by atoms with Gasteiger partial charge in [-0.05, 0) is 0 Å². The number of hydrazine groups is 1. The van der Waals surface area contributed by atoms with Gasteiger partial charge in [0.15, 0.2) is 0 Å². The highest BCUT2D eigenvalue weighted by atomic mass is 16.5. The standard InChI is InChI=1S/C7H18N2O3/c1-9(8)2-4-11-6-7-12-5-3-10/h10H,2-8H2,1H3. The second kappa shape index (κ2) is 8.89. The third-order valence-electron chi connectivity index (χ3n) is 1.20. The zero-order valence-corrected chi connectivity index (χ0v) is 7.53. The fourth-order valence-electron chi connectivity index (χ4n) is 0.595.